The molecule has 0 fully saturated rings. The van der Waals surface area contributed by atoms with Crippen molar-refractivity contribution in [2.45, 2.75) is 213 Å². The minimum absolute atomic E-state index is 0.127. The molecule has 0 saturated heterocycles. The van der Waals surface area contributed by atoms with Crippen molar-refractivity contribution >= 4 is 17.9 Å². The van der Waals surface area contributed by atoms with Crippen LogP contribution in [0.2, 0.25) is 0 Å². The van der Waals surface area contributed by atoms with E-state index in [1.54, 1.807) is 0 Å². The van der Waals surface area contributed by atoms with Gasteiger partial charge in [-0.3, -0.25) is 14.4 Å². The molecule has 72 heavy (non-hydrogen) atoms. The lowest BCUT2D eigenvalue weighted by molar-refractivity contribution is -0.167. The fraction of sp³-hybridized carbons (Fsp3) is 0.530. The van der Waals surface area contributed by atoms with Crippen LogP contribution in [0.5, 0.6) is 0 Å². The summed E-state index contributed by atoms with van der Waals surface area (Å²) >= 11 is 0. The Morgan fingerprint density at radius 3 is 1.03 bits per heavy atom. The van der Waals surface area contributed by atoms with Crippen molar-refractivity contribution in [2.75, 3.05) is 13.2 Å². The third kappa shape index (κ3) is 55.7. The number of rotatable bonds is 48. The van der Waals surface area contributed by atoms with Crippen molar-refractivity contribution in [1.82, 2.24) is 0 Å². The van der Waals surface area contributed by atoms with E-state index in [0.29, 0.717) is 12.8 Å². The normalized spacial score (nSPS) is 13.4. The van der Waals surface area contributed by atoms with Crippen LogP contribution >= 0.6 is 0 Å². The number of allylic oxidation sites excluding steroid dienone is 28. The fourth-order valence-electron chi connectivity index (χ4n) is 6.97. The minimum Gasteiger partial charge on any atom is -0.462 e. The van der Waals surface area contributed by atoms with Gasteiger partial charge in [-0.05, 0) is 109 Å². The Morgan fingerprint density at radius 2 is 0.611 bits per heavy atom. The van der Waals surface area contributed by atoms with Crippen LogP contribution in [0.1, 0.15) is 207 Å². The summed E-state index contributed by atoms with van der Waals surface area (Å²) in [6.45, 7) is 6.26. The topological polar surface area (TPSA) is 78.9 Å². The first-order valence-corrected chi connectivity index (χ1v) is 28.3. The van der Waals surface area contributed by atoms with Crippen LogP contribution in [0.15, 0.2) is 170 Å². The zero-order valence-electron chi connectivity index (χ0n) is 45.6. The Labute approximate surface area is 441 Å². The lowest BCUT2D eigenvalue weighted by atomic mass is 10.1. The molecular weight excluding hydrogens is 889 g/mol. The minimum atomic E-state index is -0.832. The molecule has 0 aromatic rings. The van der Waals surface area contributed by atoms with E-state index in [1.807, 2.05) is 60.8 Å². The Hall–Kier alpha value is -5.23. The van der Waals surface area contributed by atoms with Crippen LogP contribution in [-0.4, -0.2) is 37.2 Å². The van der Waals surface area contributed by atoms with Crippen molar-refractivity contribution in [1.29, 1.82) is 0 Å². The number of ether oxygens (including phenoxy) is 3. The molecule has 0 aromatic carbocycles. The highest BCUT2D eigenvalue weighted by molar-refractivity contribution is 5.71. The average molecular weight is 990 g/mol. The van der Waals surface area contributed by atoms with E-state index in [9.17, 15) is 14.4 Å². The van der Waals surface area contributed by atoms with Gasteiger partial charge in [0.25, 0.3) is 0 Å². The van der Waals surface area contributed by atoms with Crippen LogP contribution in [-0.2, 0) is 28.6 Å². The third-order valence-corrected chi connectivity index (χ3v) is 11.2. The van der Waals surface area contributed by atoms with Gasteiger partial charge < -0.3 is 14.2 Å². The predicted molar refractivity (Wildman–Crippen MR) is 311 cm³/mol. The van der Waals surface area contributed by atoms with Crippen LogP contribution in [0, 0.1) is 0 Å². The van der Waals surface area contributed by atoms with E-state index in [1.165, 1.54) is 32.1 Å². The first-order chi connectivity index (χ1) is 35.5. The largest absolute Gasteiger partial charge is 0.462 e. The average Bonchev–Trinajstić information content (AvgIpc) is 3.38. The standard InChI is InChI=1S/C66H100O6/c1-4-7-10-13-16-19-22-25-28-31-33-36-38-41-44-47-50-53-56-59-65(68)71-62-63(61-70-64(67)58-55-52-49-46-43-40-37-34-30-27-24-21-18-15-12-9-6-3)72-66(69)60-57-54-51-48-45-42-39-35-32-29-26-23-20-17-14-11-8-5-2/h7,9-10,12,15-16,18-19,21,23-30,32-37,39-41,43-44,63H,4-6,8,11,13-14,17,20,22,31,38,42,45-62H2,1-3H3/b10-7-,12-9-,18-15-,19-16-,24-21-,26-23-,28-25-,30-27-,32-29-,36-33-,37-34+,39-35-,43-40-,44-41-. The van der Waals surface area contributed by atoms with Gasteiger partial charge in [-0.25, -0.2) is 0 Å². The number of hydrogen-bond acceptors (Lipinski definition) is 6. The monoisotopic (exact) mass is 989 g/mol. The molecule has 0 amide bonds. The SMILES string of the molecule is CC\C=C/C=C\C=C/C=C\C=C\C=C/CCCCCC(=O)OCC(COC(=O)CCCCC/C=C\C/C=C\C/C=C\C/C=C\C/C=C\CC)OC(=O)CCCCCCC\C=C/C=C\C=C/CCCCCCC. The fourth-order valence-corrected chi connectivity index (χ4v) is 6.97. The molecule has 0 bridgehead atoms. The van der Waals surface area contributed by atoms with Crippen molar-refractivity contribution < 1.29 is 28.6 Å². The second-order valence-electron chi connectivity index (χ2n) is 17.9. The molecule has 0 N–H and O–H groups in total. The van der Waals surface area contributed by atoms with Crippen LogP contribution in [0.25, 0.3) is 0 Å². The van der Waals surface area contributed by atoms with Gasteiger partial charge in [0.2, 0.25) is 0 Å². The number of esters is 3. The van der Waals surface area contributed by atoms with Crippen LogP contribution < -0.4 is 0 Å². The maximum atomic E-state index is 12.9. The zero-order valence-corrected chi connectivity index (χ0v) is 45.6. The molecular formula is C66H100O6. The summed E-state index contributed by atoms with van der Waals surface area (Å²) in [6.07, 6.45) is 86.2. The Kier molecular flexibility index (Phi) is 54.1. The molecule has 1 unspecified atom stereocenters. The van der Waals surface area contributed by atoms with Gasteiger partial charge in [0, 0.05) is 19.3 Å². The molecule has 0 aliphatic heterocycles. The summed E-state index contributed by atoms with van der Waals surface area (Å²) in [5.74, 6) is -1.03. The molecule has 0 saturated carbocycles. The number of unbranched alkanes of at least 4 members (excludes halogenated alkanes) is 16. The maximum absolute atomic E-state index is 12.9. The quantitative estimate of drug-likeness (QED) is 0.0199. The summed E-state index contributed by atoms with van der Waals surface area (Å²) in [7, 11) is 0. The van der Waals surface area contributed by atoms with E-state index in [0.717, 1.165) is 128 Å². The lowest BCUT2D eigenvalue weighted by Gasteiger charge is -2.18. The first kappa shape index (κ1) is 66.8. The molecule has 0 spiro atoms. The maximum Gasteiger partial charge on any atom is 0.306 e. The van der Waals surface area contributed by atoms with Crippen LogP contribution in [0.3, 0.4) is 0 Å². The molecule has 0 aliphatic rings. The highest BCUT2D eigenvalue weighted by Gasteiger charge is 2.19. The van der Waals surface area contributed by atoms with E-state index in [2.05, 4.69) is 130 Å². The van der Waals surface area contributed by atoms with Gasteiger partial charge in [-0.2, -0.15) is 0 Å². The highest BCUT2D eigenvalue weighted by atomic mass is 16.6. The summed E-state index contributed by atoms with van der Waals surface area (Å²) in [5.41, 5.74) is 0. The van der Waals surface area contributed by atoms with Crippen molar-refractivity contribution in [3.8, 4) is 0 Å². The summed E-state index contributed by atoms with van der Waals surface area (Å²) < 4.78 is 16.8. The van der Waals surface area contributed by atoms with Crippen molar-refractivity contribution in [3.05, 3.63) is 170 Å². The summed E-state index contributed by atoms with van der Waals surface area (Å²) in [4.78, 5) is 38.2. The van der Waals surface area contributed by atoms with Gasteiger partial charge in [-0.1, -0.05) is 249 Å². The molecule has 400 valence electrons. The molecule has 0 aliphatic carbocycles. The molecule has 1 atom stereocenters. The van der Waals surface area contributed by atoms with E-state index < -0.39 is 6.10 Å². The Morgan fingerprint density at radius 1 is 0.306 bits per heavy atom. The van der Waals surface area contributed by atoms with E-state index in [-0.39, 0.29) is 44.0 Å². The summed E-state index contributed by atoms with van der Waals surface area (Å²) in [6, 6.07) is 0. The second-order valence-corrected chi connectivity index (χ2v) is 17.9. The Bertz CT molecular complexity index is 1700. The van der Waals surface area contributed by atoms with Crippen molar-refractivity contribution in [3.63, 3.8) is 0 Å². The van der Waals surface area contributed by atoms with E-state index >= 15 is 0 Å². The van der Waals surface area contributed by atoms with Gasteiger partial charge in [0.05, 0.1) is 0 Å². The Balaban J connectivity index is 4.63. The smallest absolute Gasteiger partial charge is 0.306 e. The highest BCUT2D eigenvalue weighted by Crippen LogP contribution is 2.12. The molecule has 0 heterocycles. The van der Waals surface area contributed by atoms with Gasteiger partial charge in [-0.15, -0.1) is 0 Å². The van der Waals surface area contributed by atoms with Gasteiger partial charge in [0.1, 0.15) is 13.2 Å². The molecule has 6 heteroatoms. The predicted octanol–water partition coefficient (Wildman–Crippen LogP) is 19.1. The van der Waals surface area contributed by atoms with Gasteiger partial charge >= 0.3 is 17.9 Å². The molecule has 0 aromatic heterocycles. The van der Waals surface area contributed by atoms with E-state index in [4.69, 9.17) is 14.2 Å². The van der Waals surface area contributed by atoms with Crippen molar-refractivity contribution in [2.24, 2.45) is 0 Å². The number of carbonyl (C=O) groups excluding carboxylic acids is 3. The molecule has 0 rings (SSSR count). The van der Waals surface area contributed by atoms with Gasteiger partial charge in [0.15, 0.2) is 6.10 Å². The zero-order chi connectivity index (χ0) is 52.2. The number of hydrogen-bond donors (Lipinski definition) is 0. The number of carbonyl (C=O) groups is 3. The summed E-state index contributed by atoms with van der Waals surface area (Å²) in [5, 5.41) is 0. The second kappa shape index (κ2) is 58.3. The van der Waals surface area contributed by atoms with Crippen LogP contribution in [0.4, 0.5) is 0 Å². The third-order valence-electron chi connectivity index (χ3n) is 11.2. The molecule has 6 nitrogen and oxygen atoms in total. The molecule has 0 radical (unpaired) electrons. The first-order valence-electron chi connectivity index (χ1n) is 28.3. The lowest BCUT2D eigenvalue weighted by Crippen LogP contribution is -2.30.